The van der Waals surface area contributed by atoms with Crippen LogP contribution in [0.3, 0.4) is 0 Å². The first-order chi connectivity index (χ1) is 31.1. The maximum atomic E-state index is 2.66. The van der Waals surface area contributed by atoms with Crippen LogP contribution in [0.5, 0.6) is 0 Å². The molecular weight excluding hydrogens is 784 g/mol. The third-order valence-electron chi connectivity index (χ3n) is 14.4. The normalized spacial score (nSPS) is 14.8. The Morgan fingerprint density at radius 3 is 1.57 bits per heavy atom. The van der Waals surface area contributed by atoms with Gasteiger partial charge in [-0.25, -0.2) is 0 Å². The van der Waals surface area contributed by atoms with Gasteiger partial charge in [0.1, 0.15) is 0 Å². The van der Waals surface area contributed by atoms with Crippen LogP contribution >= 0.6 is 0 Å². The summed E-state index contributed by atoms with van der Waals surface area (Å²) < 4.78 is 0. The minimum atomic E-state index is -0.0187. The zero-order valence-corrected chi connectivity index (χ0v) is 39.6. The Labute approximate surface area is 387 Å². The van der Waals surface area contributed by atoms with Crippen molar-refractivity contribution in [3.8, 4) is 33.4 Å². The maximum absolute atomic E-state index is 2.66. The van der Waals surface area contributed by atoms with Gasteiger partial charge in [0.25, 0.3) is 6.71 Å². The molecule has 65 heavy (non-hydrogen) atoms. The molecule has 0 fully saturated rings. The fraction of sp³-hybridized carbons (Fsp3) is 0.226. The molecule has 0 amide bonds. The van der Waals surface area contributed by atoms with Crippen molar-refractivity contribution >= 4 is 57.2 Å². The lowest BCUT2D eigenvalue weighted by molar-refractivity contribution is 0.392. The highest BCUT2D eigenvalue weighted by Crippen LogP contribution is 2.50. The van der Waals surface area contributed by atoms with Crippen LogP contribution in [0.4, 0.5) is 34.1 Å². The molecule has 0 atom stereocenters. The molecule has 0 spiro atoms. The van der Waals surface area contributed by atoms with Crippen LogP contribution in [0, 0.1) is 12.3 Å². The van der Waals surface area contributed by atoms with Gasteiger partial charge >= 0.3 is 0 Å². The van der Waals surface area contributed by atoms with Crippen LogP contribution in [-0.2, 0) is 23.7 Å². The van der Waals surface area contributed by atoms with Gasteiger partial charge in [-0.15, -0.1) is 0 Å². The molecule has 0 bridgehead atoms. The Kier molecular flexibility index (Phi) is 9.49. The molecule has 0 radical (unpaired) electrons. The Balaban J connectivity index is 1.20. The van der Waals surface area contributed by atoms with E-state index < -0.39 is 0 Å². The van der Waals surface area contributed by atoms with Crippen LogP contribution in [-0.4, -0.2) is 6.71 Å². The van der Waals surface area contributed by atoms with Crippen LogP contribution in [0.25, 0.3) is 33.4 Å². The summed E-state index contributed by atoms with van der Waals surface area (Å²) in [5.74, 6) is 0. The van der Waals surface area contributed by atoms with Crippen LogP contribution in [0.2, 0.25) is 0 Å². The first kappa shape index (κ1) is 41.2. The van der Waals surface area contributed by atoms with Crippen LogP contribution in [0.15, 0.2) is 170 Å². The van der Waals surface area contributed by atoms with E-state index in [4.69, 9.17) is 0 Å². The van der Waals surface area contributed by atoms with Gasteiger partial charge < -0.3 is 9.80 Å². The molecule has 2 heterocycles. The van der Waals surface area contributed by atoms with E-state index in [-0.39, 0.29) is 23.0 Å². The van der Waals surface area contributed by atoms with Crippen LogP contribution in [0.1, 0.15) is 83.2 Å². The van der Waals surface area contributed by atoms with Crippen molar-refractivity contribution in [3.63, 3.8) is 0 Å². The zero-order valence-electron chi connectivity index (χ0n) is 39.6. The summed E-state index contributed by atoms with van der Waals surface area (Å²) in [5.41, 5.74) is 26.1. The van der Waals surface area contributed by atoms with E-state index in [2.05, 4.69) is 242 Å². The molecule has 8 aromatic rings. The second kappa shape index (κ2) is 15.0. The molecule has 3 aliphatic rings. The van der Waals surface area contributed by atoms with E-state index >= 15 is 0 Å². The number of rotatable bonds is 5. The quantitative estimate of drug-likeness (QED) is 0.159. The number of benzene rings is 8. The Hall–Kier alpha value is -6.58. The second-order valence-corrected chi connectivity index (χ2v) is 21.9. The number of aryl methyl sites for hydroxylation is 1. The summed E-state index contributed by atoms with van der Waals surface area (Å²) in [6.45, 7) is 21.1. The first-order valence-electron chi connectivity index (χ1n) is 23.6. The average Bonchev–Trinajstić information content (AvgIpc) is 3.60. The van der Waals surface area contributed by atoms with Crippen molar-refractivity contribution in [2.24, 2.45) is 5.41 Å². The van der Waals surface area contributed by atoms with Gasteiger partial charge in [-0.05, 0) is 157 Å². The maximum Gasteiger partial charge on any atom is 0.252 e. The summed E-state index contributed by atoms with van der Waals surface area (Å²) in [6.07, 6.45) is 2.16. The molecule has 8 aromatic carbocycles. The molecule has 2 nitrogen and oxygen atoms in total. The predicted molar refractivity (Wildman–Crippen MR) is 280 cm³/mol. The molecule has 0 unspecified atom stereocenters. The minimum Gasteiger partial charge on any atom is -0.311 e. The number of hydrogen-bond acceptors (Lipinski definition) is 2. The second-order valence-electron chi connectivity index (χ2n) is 21.9. The third-order valence-corrected chi connectivity index (χ3v) is 14.4. The zero-order chi connectivity index (χ0) is 45.0. The van der Waals surface area contributed by atoms with Gasteiger partial charge in [0.15, 0.2) is 0 Å². The molecule has 1 aliphatic carbocycles. The molecule has 0 N–H and O–H groups in total. The lowest BCUT2D eigenvalue weighted by atomic mass is 9.33. The monoisotopic (exact) mass is 842 g/mol. The number of anilines is 6. The molecule has 0 saturated heterocycles. The summed E-state index contributed by atoms with van der Waals surface area (Å²) in [7, 11) is 0. The Morgan fingerprint density at radius 1 is 0.431 bits per heavy atom. The number of hydrogen-bond donors (Lipinski definition) is 0. The molecule has 3 heteroatoms. The van der Waals surface area contributed by atoms with Crippen molar-refractivity contribution in [1.82, 2.24) is 0 Å². The van der Waals surface area contributed by atoms with E-state index in [0.717, 1.165) is 18.5 Å². The molecule has 0 aromatic heterocycles. The van der Waals surface area contributed by atoms with Gasteiger partial charge in [-0.3, -0.25) is 0 Å². The standard InChI is InChI=1S/C62H59BN2/c1-40-32-57-59-58(33-40)65(54-31-27-49(61(5,6)7)37-51(54)44-20-25-48(26-21-44)60(2,3)4)56-36-47-39-62(8,9)38-46(47)35-53(56)63(59)52-34-45(42-18-14-11-15-19-42)24-30-55(52)64(57)50-28-22-43(23-29-50)41-16-12-10-13-17-41/h10-37H,38-39H2,1-9H3. The van der Waals surface area contributed by atoms with Gasteiger partial charge in [0.05, 0.1) is 5.69 Å². The molecule has 320 valence electrons. The highest BCUT2D eigenvalue weighted by molar-refractivity contribution is 7.00. The molecule has 11 rings (SSSR count). The molecule has 0 saturated carbocycles. The fourth-order valence-corrected chi connectivity index (χ4v) is 11.1. The summed E-state index contributed by atoms with van der Waals surface area (Å²) >= 11 is 0. The third kappa shape index (κ3) is 7.12. The number of nitrogens with zero attached hydrogens (tertiary/aromatic N) is 2. The predicted octanol–water partition coefficient (Wildman–Crippen LogP) is 14.8. The largest absolute Gasteiger partial charge is 0.311 e. The molecule has 2 aliphatic heterocycles. The summed E-state index contributed by atoms with van der Waals surface area (Å²) in [6, 6.07) is 64.9. The van der Waals surface area contributed by atoms with Crippen LogP contribution < -0.4 is 26.2 Å². The van der Waals surface area contributed by atoms with E-state index in [1.54, 1.807) is 0 Å². The summed E-state index contributed by atoms with van der Waals surface area (Å²) in [5, 5.41) is 0. The van der Waals surface area contributed by atoms with E-state index in [0.29, 0.717) is 0 Å². The van der Waals surface area contributed by atoms with Gasteiger partial charge in [0, 0.05) is 34.0 Å². The van der Waals surface area contributed by atoms with Gasteiger partial charge in [-0.2, -0.15) is 0 Å². The van der Waals surface area contributed by atoms with Gasteiger partial charge in [0.2, 0.25) is 0 Å². The molecular formula is C62H59BN2. The van der Waals surface area contributed by atoms with Crippen molar-refractivity contribution in [2.75, 3.05) is 9.80 Å². The first-order valence-corrected chi connectivity index (χ1v) is 23.6. The minimum absolute atomic E-state index is 0.0187. The van der Waals surface area contributed by atoms with Crippen molar-refractivity contribution in [2.45, 2.75) is 86.0 Å². The van der Waals surface area contributed by atoms with E-state index in [1.165, 1.54) is 106 Å². The Bertz CT molecular complexity index is 3130. The lowest BCUT2D eigenvalue weighted by Gasteiger charge is -2.45. The van der Waals surface area contributed by atoms with Gasteiger partial charge in [-0.1, -0.05) is 177 Å². The lowest BCUT2D eigenvalue weighted by Crippen LogP contribution is -2.61. The average molecular weight is 843 g/mol. The summed E-state index contributed by atoms with van der Waals surface area (Å²) in [4.78, 5) is 5.21. The highest BCUT2D eigenvalue weighted by Gasteiger charge is 2.45. The fourth-order valence-electron chi connectivity index (χ4n) is 11.1. The van der Waals surface area contributed by atoms with E-state index in [9.17, 15) is 0 Å². The van der Waals surface area contributed by atoms with Crippen molar-refractivity contribution in [1.29, 1.82) is 0 Å². The highest BCUT2D eigenvalue weighted by atomic mass is 15.2. The smallest absolute Gasteiger partial charge is 0.252 e. The van der Waals surface area contributed by atoms with E-state index in [1.807, 2.05) is 0 Å². The van der Waals surface area contributed by atoms with Crippen molar-refractivity contribution < 1.29 is 0 Å². The van der Waals surface area contributed by atoms with Crippen molar-refractivity contribution in [3.05, 3.63) is 198 Å². The topological polar surface area (TPSA) is 6.48 Å². The Morgan fingerprint density at radius 2 is 0.938 bits per heavy atom. The number of fused-ring (bicyclic) bond motifs is 5. The SMILES string of the molecule is Cc1cc2c3c(c1)N(c1ccc(C(C)(C)C)cc1-c1ccc(C(C)(C)C)cc1)c1cc4c(cc1B3c1cc(-c3ccccc3)ccc1N2c1ccc(-c2ccccc2)cc1)CC(C)(C)C4.